The Morgan fingerprint density at radius 3 is 2.26 bits per heavy atom. The molecule has 43 heavy (non-hydrogen) atoms. The Hall–Kier alpha value is -1.14. The summed E-state index contributed by atoms with van der Waals surface area (Å²) in [6.45, 7) is 12.2. The Bertz CT molecular complexity index is 924. The highest BCUT2D eigenvalue weighted by Gasteiger charge is 2.51. The first-order valence-corrected chi connectivity index (χ1v) is 16.3. The number of cyclic esters (lactones) is 1. The zero-order valence-electron chi connectivity index (χ0n) is 28.7. The number of likely N-dealkylation sites (N-methyl/N-ethyl adjacent to an activating group) is 2. The van der Waals surface area contributed by atoms with E-state index in [1.807, 2.05) is 39.9 Å². The van der Waals surface area contributed by atoms with E-state index in [1.165, 1.54) is 0 Å². The van der Waals surface area contributed by atoms with Crippen molar-refractivity contribution < 1.29 is 33.6 Å². The van der Waals surface area contributed by atoms with Crippen molar-refractivity contribution in [1.82, 2.24) is 15.1 Å². The number of Topliss-reactive ketones (excluding diaryl/α,β-unsaturated/α-hetero) is 1. The van der Waals surface area contributed by atoms with Crippen LogP contribution in [0.3, 0.4) is 0 Å². The van der Waals surface area contributed by atoms with Gasteiger partial charge >= 0.3 is 5.97 Å². The molecule has 0 amide bonds. The molecule has 0 aromatic heterocycles. The highest BCUT2D eigenvalue weighted by molar-refractivity contribution is 6.04. The van der Waals surface area contributed by atoms with E-state index in [-0.39, 0.29) is 36.5 Å². The fourth-order valence-electron chi connectivity index (χ4n) is 7.85. The molecule has 2 saturated heterocycles. The van der Waals surface area contributed by atoms with E-state index < -0.39 is 41.4 Å². The average molecular weight is 612 g/mol. The van der Waals surface area contributed by atoms with Gasteiger partial charge in [0, 0.05) is 37.7 Å². The number of aliphatic hydroxyl groups is 1. The van der Waals surface area contributed by atoms with Crippen LogP contribution < -0.4 is 5.32 Å². The molecule has 10 heteroatoms. The number of aliphatic hydroxyl groups excluding tert-OH is 1. The third kappa shape index (κ3) is 8.37. The molecule has 0 aromatic carbocycles. The Morgan fingerprint density at radius 2 is 1.70 bits per heavy atom. The average Bonchev–Trinajstić information content (AvgIpc) is 2.96. The highest BCUT2D eigenvalue weighted by Crippen LogP contribution is 2.39. The summed E-state index contributed by atoms with van der Waals surface area (Å²) in [6, 6.07) is 0.421. The smallest absolute Gasteiger partial charge is 0.319 e. The lowest BCUT2D eigenvalue weighted by Gasteiger charge is -2.47. The number of hydrogen-bond acceptors (Lipinski definition) is 10. The van der Waals surface area contributed by atoms with Crippen molar-refractivity contribution in [3.05, 3.63) is 0 Å². The molecule has 0 bridgehead atoms. The maximum absolute atomic E-state index is 14.2. The first-order chi connectivity index (χ1) is 20.0. The van der Waals surface area contributed by atoms with Crippen molar-refractivity contribution in [1.29, 1.82) is 0 Å². The van der Waals surface area contributed by atoms with Crippen LogP contribution in [0.2, 0.25) is 0 Å². The summed E-state index contributed by atoms with van der Waals surface area (Å²) in [5, 5.41) is 14.7. The van der Waals surface area contributed by atoms with Gasteiger partial charge in [0.25, 0.3) is 0 Å². The minimum Gasteiger partial charge on any atom is -0.463 e. The second-order valence-electron chi connectivity index (χ2n) is 14.7. The van der Waals surface area contributed by atoms with Crippen LogP contribution in [0.4, 0.5) is 0 Å². The molecule has 9 atom stereocenters. The standard InChI is InChI=1S/C33H61N3O7/c1-20-17-33(6,40-11)29(43-30-27(37)25(35(8)9)16-21(2)42-30)22(3)28(38)32(4,5)31(39)41-19-26(36(10)18-20)23-12-14-24(34-7)15-13-23/h20-27,29-30,34,37H,12-19H2,1-11H3/t20-,21-,22+,23-,24-,25+,26-,27-,29-,30+,33-/m1/s1. The molecule has 3 aliphatic rings. The largest absolute Gasteiger partial charge is 0.463 e. The van der Waals surface area contributed by atoms with Crippen LogP contribution >= 0.6 is 0 Å². The van der Waals surface area contributed by atoms with Gasteiger partial charge in [0.05, 0.1) is 17.8 Å². The molecule has 10 nitrogen and oxygen atoms in total. The lowest BCUT2D eigenvalue weighted by Crippen LogP contribution is -2.59. The van der Waals surface area contributed by atoms with Crippen LogP contribution in [0.5, 0.6) is 0 Å². The van der Waals surface area contributed by atoms with Crippen LogP contribution in [0.1, 0.15) is 80.1 Å². The van der Waals surface area contributed by atoms with Gasteiger partial charge in [-0.25, -0.2) is 0 Å². The summed E-state index contributed by atoms with van der Waals surface area (Å²) in [4.78, 5) is 32.1. The number of carbonyl (C=O) groups is 2. The molecule has 0 radical (unpaired) electrons. The zero-order chi connectivity index (χ0) is 32.3. The summed E-state index contributed by atoms with van der Waals surface area (Å²) in [7, 11) is 9.64. The SMILES string of the molecule is CN[C@H]1CC[C@H]([C@H]2COC(=O)C(C)(C)C(=O)[C@H](C)[C@@H](O[C@@H]3O[C@H](C)C[C@H](N(C)C)[C@H]3O)[C@](C)(OC)C[C@@H](C)CN2C)CC1. The molecule has 1 aliphatic carbocycles. The molecular formula is C33H61N3O7. The molecular weight excluding hydrogens is 550 g/mol. The number of nitrogens with zero attached hydrogens (tertiary/aromatic N) is 2. The Morgan fingerprint density at radius 1 is 1.07 bits per heavy atom. The quantitative estimate of drug-likeness (QED) is 0.344. The van der Waals surface area contributed by atoms with Gasteiger partial charge < -0.3 is 34.3 Å². The van der Waals surface area contributed by atoms with Gasteiger partial charge in [-0.05, 0) is 106 Å². The Labute approximate surface area is 260 Å². The van der Waals surface area contributed by atoms with E-state index in [1.54, 1.807) is 27.9 Å². The van der Waals surface area contributed by atoms with Crippen molar-refractivity contribution in [3.63, 3.8) is 0 Å². The number of methoxy groups -OCH3 is 1. The first kappa shape index (κ1) is 36.3. The maximum atomic E-state index is 14.2. The number of rotatable bonds is 6. The lowest BCUT2D eigenvalue weighted by molar-refractivity contribution is -0.295. The van der Waals surface area contributed by atoms with E-state index in [9.17, 15) is 14.7 Å². The summed E-state index contributed by atoms with van der Waals surface area (Å²) < 4.78 is 25.0. The number of nitrogens with one attached hydrogen (secondary N) is 1. The van der Waals surface area contributed by atoms with E-state index in [0.717, 1.165) is 32.2 Å². The lowest BCUT2D eigenvalue weighted by atomic mass is 9.74. The van der Waals surface area contributed by atoms with Crippen molar-refractivity contribution in [2.45, 2.75) is 128 Å². The molecule has 0 unspecified atom stereocenters. The molecule has 0 aromatic rings. The number of ketones is 1. The fourth-order valence-corrected chi connectivity index (χ4v) is 7.85. The third-order valence-corrected chi connectivity index (χ3v) is 10.6. The van der Waals surface area contributed by atoms with Crippen LogP contribution in [-0.2, 0) is 28.5 Å². The monoisotopic (exact) mass is 611 g/mol. The second kappa shape index (κ2) is 15.0. The van der Waals surface area contributed by atoms with E-state index in [4.69, 9.17) is 18.9 Å². The zero-order valence-corrected chi connectivity index (χ0v) is 28.7. The molecule has 2 N–H and O–H groups in total. The fraction of sp³-hybridized carbons (Fsp3) is 0.939. The predicted octanol–water partition coefficient (Wildman–Crippen LogP) is 3.10. The Kier molecular flexibility index (Phi) is 12.6. The van der Waals surface area contributed by atoms with Gasteiger partial charge in [-0.15, -0.1) is 0 Å². The molecule has 3 rings (SSSR count). The van der Waals surface area contributed by atoms with E-state index in [2.05, 4.69) is 24.2 Å². The van der Waals surface area contributed by atoms with Crippen molar-refractivity contribution >= 4 is 11.8 Å². The number of hydrogen-bond donors (Lipinski definition) is 2. The summed E-state index contributed by atoms with van der Waals surface area (Å²) >= 11 is 0. The maximum Gasteiger partial charge on any atom is 0.319 e. The van der Waals surface area contributed by atoms with Gasteiger partial charge in [-0.2, -0.15) is 0 Å². The molecule has 250 valence electrons. The first-order valence-electron chi connectivity index (χ1n) is 16.3. The summed E-state index contributed by atoms with van der Waals surface area (Å²) in [5.41, 5.74) is -2.30. The number of ether oxygens (including phenoxy) is 4. The van der Waals surface area contributed by atoms with Gasteiger partial charge in [0.15, 0.2) is 12.1 Å². The highest BCUT2D eigenvalue weighted by atomic mass is 16.7. The summed E-state index contributed by atoms with van der Waals surface area (Å²) in [5.74, 6) is -0.961. The van der Waals surface area contributed by atoms with Gasteiger partial charge in [-0.1, -0.05) is 13.8 Å². The molecule has 3 fully saturated rings. The van der Waals surface area contributed by atoms with Crippen LogP contribution in [0.15, 0.2) is 0 Å². The van der Waals surface area contributed by atoms with Gasteiger partial charge in [-0.3, -0.25) is 14.5 Å². The second-order valence-corrected chi connectivity index (χ2v) is 14.7. The van der Waals surface area contributed by atoms with Gasteiger partial charge in [0.1, 0.15) is 18.1 Å². The molecule has 1 saturated carbocycles. The van der Waals surface area contributed by atoms with Crippen molar-refractivity contribution in [3.8, 4) is 0 Å². The van der Waals surface area contributed by atoms with E-state index in [0.29, 0.717) is 24.8 Å². The van der Waals surface area contributed by atoms with Crippen LogP contribution in [0.25, 0.3) is 0 Å². The Balaban J connectivity index is 1.97. The molecule has 0 spiro atoms. The summed E-state index contributed by atoms with van der Waals surface area (Å²) in [6.07, 6.45) is 2.79. The van der Waals surface area contributed by atoms with Crippen LogP contribution in [-0.4, -0.2) is 123 Å². The van der Waals surface area contributed by atoms with Crippen LogP contribution in [0, 0.1) is 23.2 Å². The third-order valence-electron chi connectivity index (χ3n) is 10.6. The number of carbonyl (C=O) groups excluding carboxylic acids is 2. The van der Waals surface area contributed by atoms with Crippen molar-refractivity contribution in [2.24, 2.45) is 23.2 Å². The van der Waals surface area contributed by atoms with Crippen molar-refractivity contribution in [2.75, 3.05) is 48.5 Å². The minimum absolute atomic E-state index is 0.0596. The number of esters is 1. The predicted molar refractivity (Wildman–Crippen MR) is 167 cm³/mol. The van der Waals surface area contributed by atoms with Gasteiger partial charge in [0.2, 0.25) is 0 Å². The topological polar surface area (TPSA) is 110 Å². The van der Waals surface area contributed by atoms with E-state index >= 15 is 0 Å². The minimum atomic E-state index is -1.40. The molecule has 2 aliphatic heterocycles. The molecule has 2 heterocycles. The normalized spacial score (nSPS) is 42.5.